The predicted octanol–water partition coefficient (Wildman–Crippen LogP) is 2.25. The summed E-state index contributed by atoms with van der Waals surface area (Å²) in [6.45, 7) is 2.72. The Morgan fingerprint density at radius 1 is 1.00 bits per heavy atom. The molecule has 2 aliphatic rings. The van der Waals surface area contributed by atoms with Gasteiger partial charge in [-0.2, -0.15) is 5.10 Å². The Balaban J connectivity index is 1.16. The molecule has 0 radical (unpaired) electrons. The number of para-hydroxylation sites is 2. The quantitative estimate of drug-likeness (QED) is 0.427. The van der Waals surface area contributed by atoms with Crippen molar-refractivity contribution in [2.24, 2.45) is 0 Å². The molecule has 0 atom stereocenters. The number of benzene rings is 2. The molecule has 2 aromatic carbocycles. The molecule has 0 N–H and O–H groups in total. The molecular formula is C26H25N5O5. The molecule has 1 saturated heterocycles. The van der Waals surface area contributed by atoms with Crippen molar-refractivity contribution in [2.75, 3.05) is 45.0 Å². The van der Waals surface area contributed by atoms with Crippen molar-refractivity contribution in [1.29, 1.82) is 0 Å². The second-order valence-electron chi connectivity index (χ2n) is 8.70. The maximum absolute atomic E-state index is 13.2. The first kappa shape index (κ1) is 22.0. The molecule has 36 heavy (non-hydrogen) atoms. The number of hydrogen-bond donors (Lipinski definition) is 0. The first-order valence-electron chi connectivity index (χ1n) is 11.8. The van der Waals surface area contributed by atoms with Crippen molar-refractivity contribution in [3.8, 4) is 28.5 Å². The maximum Gasteiger partial charge on any atom is 0.277 e. The molecule has 2 aliphatic heterocycles. The van der Waals surface area contributed by atoms with Gasteiger partial charge in [0.05, 0.1) is 18.5 Å². The lowest BCUT2D eigenvalue weighted by molar-refractivity contribution is -0.132. The van der Waals surface area contributed by atoms with Crippen LogP contribution in [0, 0.1) is 0 Å². The summed E-state index contributed by atoms with van der Waals surface area (Å²) in [5, 5.41) is 4.53. The van der Waals surface area contributed by atoms with E-state index in [1.54, 1.807) is 30.5 Å². The van der Waals surface area contributed by atoms with Gasteiger partial charge in [0.1, 0.15) is 17.8 Å². The van der Waals surface area contributed by atoms with Crippen LogP contribution in [-0.4, -0.2) is 65.1 Å². The number of carbonyl (C=O) groups is 1. The Hall–Kier alpha value is -4.47. The third-order valence-corrected chi connectivity index (χ3v) is 6.64. The lowest BCUT2D eigenvalue weighted by atomic mass is 10.1. The molecule has 1 amide bonds. The highest BCUT2D eigenvalue weighted by Crippen LogP contribution is 2.35. The monoisotopic (exact) mass is 487 g/mol. The Labute approximate surface area is 206 Å². The van der Waals surface area contributed by atoms with E-state index in [0.29, 0.717) is 48.9 Å². The highest BCUT2D eigenvalue weighted by Gasteiger charge is 2.24. The van der Waals surface area contributed by atoms with Gasteiger partial charge in [-0.3, -0.25) is 9.59 Å². The van der Waals surface area contributed by atoms with Crippen molar-refractivity contribution in [3.05, 3.63) is 71.3 Å². The van der Waals surface area contributed by atoms with Crippen LogP contribution in [0.15, 0.2) is 65.7 Å². The minimum absolute atomic E-state index is 0.0193. The highest BCUT2D eigenvalue weighted by molar-refractivity contribution is 5.77. The Morgan fingerprint density at radius 3 is 2.64 bits per heavy atom. The molecule has 1 fully saturated rings. The van der Waals surface area contributed by atoms with Crippen molar-refractivity contribution in [1.82, 2.24) is 19.1 Å². The molecule has 6 rings (SSSR count). The minimum Gasteiger partial charge on any atom is -0.495 e. The number of nitrogens with zero attached hydrogens (tertiary/aromatic N) is 5. The number of fused-ring (bicyclic) bond motifs is 2. The highest BCUT2D eigenvalue weighted by atomic mass is 16.7. The first-order valence-corrected chi connectivity index (χ1v) is 11.8. The first-order chi connectivity index (χ1) is 17.6. The van der Waals surface area contributed by atoms with E-state index in [1.165, 1.54) is 9.08 Å². The molecule has 4 heterocycles. The van der Waals surface area contributed by atoms with E-state index >= 15 is 0 Å². The number of rotatable bonds is 5. The van der Waals surface area contributed by atoms with Crippen LogP contribution in [-0.2, 0) is 11.3 Å². The van der Waals surface area contributed by atoms with Crippen LogP contribution >= 0.6 is 0 Å². The van der Waals surface area contributed by atoms with Gasteiger partial charge < -0.3 is 28.6 Å². The largest absolute Gasteiger partial charge is 0.495 e. The standard InChI is InChI=1S/C26H25N5O5/c1-34-22-5-3-2-4-20(22)28-8-10-29(11-9-28)25(32)16-30-12-13-31-21(26(30)33)15-19(27-31)18-6-7-23-24(14-18)36-17-35-23/h2-7,12-15H,8-11,16-17H2,1H3. The van der Waals surface area contributed by atoms with E-state index in [0.717, 1.165) is 17.0 Å². The summed E-state index contributed by atoms with van der Waals surface area (Å²) in [5.74, 6) is 2.07. The zero-order chi connectivity index (χ0) is 24.6. The number of piperazine rings is 1. The van der Waals surface area contributed by atoms with E-state index in [9.17, 15) is 9.59 Å². The molecule has 4 aromatic rings. The fourth-order valence-corrected chi connectivity index (χ4v) is 4.68. The molecule has 10 heteroatoms. The maximum atomic E-state index is 13.2. The summed E-state index contributed by atoms with van der Waals surface area (Å²) in [7, 11) is 1.66. The number of amides is 1. The second-order valence-corrected chi connectivity index (χ2v) is 8.70. The lowest BCUT2D eigenvalue weighted by Gasteiger charge is -2.36. The molecule has 2 aromatic heterocycles. The van der Waals surface area contributed by atoms with Crippen LogP contribution < -0.4 is 24.7 Å². The molecule has 0 bridgehead atoms. The summed E-state index contributed by atoms with van der Waals surface area (Å²) in [6.07, 6.45) is 3.30. The second kappa shape index (κ2) is 8.95. The fraction of sp³-hybridized carbons (Fsp3) is 0.269. The number of ether oxygens (including phenoxy) is 3. The summed E-state index contributed by atoms with van der Waals surface area (Å²) in [6, 6.07) is 15.2. The number of methoxy groups -OCH3 is 1. The summed E-state index contributed by atoms with van der Waals surface area (Å²) >= 11 is 0. The Bertz CT molecular complexity index is 1500. The van der Waals surface area contributed by atoms with Gasteiger partial charge in [-0.25, -0.2) is 4.52 Å². The van der Waals surface area contributed by atoms with Crippen LogP contribution in [0.1, 0.15) is 0 Å². The normalized spacial score (nSPS) is 14.9. The van der Waals surface area contributed by atoms with Gasteiger partial charge in [-0.15, -0.1) is 0 Å². The van der Waals surface area contributed by atoms with Gasteiger partial charge >= 0.3 is 0 Å². The summed E-state index contributed by atoms with van der Waals surface area (Å²) in [4.78, 5) is 30.2. The average molecular weight is 488 g/mol. The number of aromatic nitrogens is 3. The van der Waals surface area contributed by atoms with Crippen LogP contribution in [0.25, 0.3) is 16.8 Å². The van der Waals surface area contributed by atoms with Gasteiger partial charge in [0.15, 0.2) is 11.5 Å². The van der Waals surface area contributed by atoms with Crippen LogP contribution in [0.2, 0.25) is 0 Å². The lowest BCUT2D eigenvalue weighted by Crippen LogP contribution is -2.50. The third kappa shape index (κ3) is 3.90. The molecular weight excluding hydrogens is 462 g/mol. The molecule has 10 nitrogen and oxygen atoms in total. The zero-order valence-electron chi connectivity index (χ0n) is 19.8. The van der Waals surface area contributed by atoms with E-state index in [-0.39, 0.29) is 24.8 Å². The van der Waals surface area contributed by atoms with Gasteiger partial charge in [-0.1, -0.05) is 12.1 Å². The van der Waals surface area contributed by atoms with Gasteiger partial charge in [0.2, 0.25) is 12.7 Å². The Kier molecular flexibility index (Phi) is 5.48. The van der Waals surface area contributed by atoms with Gasteiger partial charge in [0.25, 0.3) is 5.56 Å². The van der Waals surface area contributed by atoms with E-state index in [4.69, 9.17) is 14.2 Å². The van der Waals surface area contributed by atoms with Gasteiger partial charge in [-0.05, 0) is 36.4 Å². The Morgan fingerprint density at radius 2 is 1.81 bits per heavy atom. The van der Waals surface area contributed by atoms with Crippen molar-refractivity contribution < 1.29 is 19.0 Å². The zero-order valence-corrected chi connectivity index (χ0v) is 19.8. The number of hydrogen-bond acceptors (Lipinski definition) is 7. The summed E-state index contributed by atoms with van der Waals surface area (Å²) in [5.41, 5.74) is 2.62. The third-order valence-electron chi connectivity index (χ3n) is 6.64. The topological polar surface area (TPSA) is 90.5 Å². The molecule has 184 valence electrons. The van der Waals surface area contributed by atoms with Crippen LogP contribution in [0.5, 0.6) is 17.2 Å². The smallest absolute Gasteiger partial charge is 0.277 e. The molecule has 0 aliphatic carbocycles. The summed E-state index contributed by atoms with van der Waals surface area (Å²) < 4.78 is 19.3. The predicted molar refractivity (Wildman–Crippen MR) is 133 cm³/mol. The molecule has 0 saturated carbocycles. The van der Waals surface area contributed by atoms with E-state index in [2.05, 4.69) is 10.00 Å². The SMILES string of the molecule is COc1ccccc1N1CCN(C(=O)Cn2ccn3nc(-c4ccc5c(c4)OCO5)cc3c2=O)CC1. The van der Waals surface area contributed by atoms with Gasteiger partial charge in [0, 0.05) is 44.1 Å². The molecule has 0 unspecified atom stereocenters. The fourth-order valence-electron chi connectivity index (χ4n) is 4.68. The number of carbonyl (C=O) groups excluding carboxylic acids is 1. The van der Waals surface area contributed by atoms with E-state index < -0.39 is 0 Å². The van der Waals surface area contributed by atoms with E-state index in [1.807, 2.05) is 42.5 Å². The van der Waals surface area contributed by atoms with Crippen molar-refractivity contribution in [3.63, 3.8) is 0 Å². The van der Waals surface area contributed by atoms with Crippen LogP contribution in [0.3, 0.4) is 0 Å². The van der Waals surface area contributed by atoms with Crippen molar-refractivity contribution >= 4 is 17.1 Å². The molecule has 0 spiro atoms. The minimum atomic E-state index is -0.266. The van der Waals surface area contributed by atoms with Crippen LogP contribution in [0.4, 0.5) is 5.69 Å². The number of anilines is 1. The van der Waals surface area contributed by atoms with Crippen molar-refractivity contribution in [2.45, 2.75) is 6.54 Å². The average Bonchev–Trinajstić information content (AvgIpc) is 3.57.